The largest absolute Gasteiger partial charge is 0.347 e. The van der Waals surface area contributed by atoms with Crippen LogP contribution in [0.3, 0.4) is 0 Å². The summed E-state index contributed by atoms with van der Waals surface area (Å²) in [6.45, 7) is 1.90. The van der Waals surface area contributed by atoms with Crippen molar-refractivity contribution in [3.63, 3.8) is 0 Å². The Bertz CT molecular complexity index is 663. The van der Waals surface area contributed by atoms with Gasteiger partial charge in [0, 0.05) is 38.4 Å². The van der Waals surface area contributed by atoms with E-state index in [1.54, 1.807) is 7.05 Å². The number of nitrogens with zero attached hydrogens (tertiary/aromatic N) is 2. The van der Waals surface area contributed by atoms with Gasteiger partial charge in [0.15, 0.2) is 0 Å². The lowest BCUT2D eigenvalue weighted by Crippen LogP contribution is -2.38. The molecule has 2 aliphatic rings. The van der Waals surface area contributed by atoms with Gasteiger partial charge in [0.2, 0.25) is 10.0 Å². The van der Waals surface area contributed by atoms with E-state index in [4.69, 9.17) is 5.14 Å². The lowest BCUT2D eigenvalue weighted by Gasteiger charge is -2.15. The first-order valence-corrected chi connectivity index (χ1v) is 8.63. The molecule has 1 aromatic heterocycles. The number of carbonyl (C=O) groups excluding carboxylic acids is 1. The highest BCUT2D eigenvalue weighted by atomic mass is 32.2. The van der Waals surface area contributed by atoms with Gasteiger partial charge in [-0.1, -0.05) is 0 Å². The minimum absolute atomic E-state index is 0.0406. The second kappa shape index (κ2) is 5.11. The molecular formula is C13H20N4O3S. The summed E-state index contributed by atoms with van der Waals surface area (Å²) >= 11 is 0. The van der Waals surface area contributed by atoms with Crippen LogP contribution in [-0.2, 0) is 17.1 Å². The van der Waals surface area contributed by atoms with Crippen LogP contribution in [-0.4, -0.2) is 49.0 Å². The van der Waals surface area contributed by atoms with Crippen molar-refractivity contribution < 1.29 is 13.2 Å². The second-order valence-electron chi connectivity index (χ2n) is 5.90. The summed E-state index contributed by atoms with van der Waals surface area (Å²) in [6.07, 6.45) is 4.82. The van der Waals surface area contributed by atoms with Gasteiger partial charge in [0.05, 0.1) is 0 Å². The number of nitrogens with one attached hydrogen (secondary N) is 1. The van der Waals surface area contributed by atoms with Crippen LogP contribution in [0, 0.1) is 0 Å². The Morgan fingerprint density at radius 3 is 2.67 bits per heavy atom. The topological polar surface area (TPSA) is 97.4 Å². The number of nitrogens with two attached hydrogens (primary N) is 1. The van der Waals surface area contributed by atoms with Crippen LogP contribution in [0.4, 0.5) is 0 Å². The van der Waals surface area contributed by atoms with Crippen LogP contribution in [0.15, 0.2) is 17.2 Å². The van der Waals surface area contributed by atoms with E-state index < -0.39 is 10.0 Å². The zero-order chi connectivity index (χ0) is 15.2. The van der Waals surface area contributed by atoms with Gasteiger partial charge in [-0.15, -0.1) is 0 Å². The Hall–Kier alpha value is -1.38. The smallest absolute Gasteiger partial charge is 0.268 e. The summed E-state index contributed by atoms with van der Waals surface area (Å²) in [5.41, 5.74) is 0.309. The summed E-state index contributed by atoms with van der Waals surface area (Å²) in [5, 5.41) is 8.06. The maximum atomic E-state index is 12.3. The summed E-state index contributed by atoms with van der Waals surface area (Å²) in [6, 6.07) is 2.15. The van der Waals surface area contributed by atoms with E-state index in [1.165, 1.54) is 29.7 Å². The van der Waals surface area contributed by atoms with E-state index in [9.17, 15) is 13.2 Å². The number of likely N-dealkylation sites (tertiary alicyclic amines) is 1. The second-order valence-corrected chi connectivity index (χ2v) is 7.46. The van der Waals surface area contributed by atoms with Gasteiger partial charge in [0.25, 0.3) is 5.91 Å². The Morgan fingerprint density at radius 1 is 1.38 bits per heavy atom. The van der Waals surface area contributed by atoms with Crippen molar-refractivity contribution in [1.29, 1.82) is 0 Å². The van der Waals surface area contributed by atoms with E-state index in [2.05, 4.69) is 10.2 Å². The first-order valence-electron chi connectivity index (χ1n) is 7.08. The van der Waals surface area contributed by atoms with Gasteiger partial charge in [-0.25, -0.2) is 13.6 Å². The molecule has 21 heavy (non-hydrogen) atoms. The molecule has 1 aliphatic heterocycles. The van der Waals surface area contributed by atoms with Crippen LogP contribution in [0.2, 0.25) is 0 Å². The van der Waals surface area contributed by atoms with E-state index in [0.717, 1.165) is 19.5 Å². The molecular weight excluding hydrogens is 292 g/mol. The average molecular weight is 312 g/mol. The lowest BCUT2D eigenvalue weighted by molar-refractivity contribution is 0.0929. The van der Waals surface area contributed by atoms with Gasteiger partial charge < -0.3 is 9.88 Å². The lowest BCUT2D eigenvalue weighted by atomic mass is 10.2. The molecule has 1 aliphatic carbocycles. The molecule has 1 amide bonds. The number of aryl methyl sites for hydroxylation is 1. The van der Waals surface area contributed by atoms with Crippen molar-refractivity contribution in [2.24, 2.45) is 12.2 Å². The fourth-order valence-electron chi connectivity index (χ4n) is 2.85. The quantitative estimate of drug-likeness (QED) is 0.793. The molecule has 2 fully saturated rings. The minimum atomic E-state index is -3.79. The Balaban J connectivity index is 1.67. The third kappa shape index (κ3) is 3.12. The monoisotopic (exact) mass is 312 g/mol. The van der Waals surface area contributed by atoms with Gasteiger partial charge in [-0.3, -0.25) is 9.69 Å². The van der Waals surface area contributed by atoms with Crippen LogP contribution >= 0.6 is 0 Å². The molecule has 3 rings (SSSR count). The SMILES string of the molecule is Cn1cc(S(N)(=O)=O)cc1C(=O)NC1CCN(C2CC2)C1. The molecule has 1 atom stereocenters. The molecule has 0 bridgehead atoms. The Kier molecular flexibility index (Phi) is 3.54. The molecule has 1 unspecified atom stereocenters. The Morgan fingerprint density at radius 2 is 2.10 bits per heavy atom. The molecule has 0 aromatic carbocycles. The number of amides is 1. The van der Waals surface area contributed by atoms with Gasteiger partial charge in [0.1, 0.15) is 10.6 Å². The predicted octanol–water partition coefficient (Wildman–Crippen LogP) is -0.361. The molecule has 3 N–H and O–H groups in total. The first kappa shape index (κ1) is 14.6. The Labute approximate surface area is 124 Å². The normalized spacial score (nSPS) is 23.4. The maximum Gasteiger partial charge on any atom is 0.268 e. The van der Waals surface area contributed by atoms with Crippen molar-refractivity contribution in [3.8, 4) is 0 Å². The van der Waals surface area contributed by atoms with E-state index in [0.29, 0.717) is 11.7 Å². The van der Waals surface area contributed by atoms with Crippen LogP contribution in [0.5, 0.6) is 0 Å². The highest BCUT2D eigenvalue weighted by Crippen LogP contribution is 2.29. The van der Waals surface area contributed by atoms with E-state index in [-0.39, 0.29) is 16.8 Å². The molecule has 1 aromatic rings. The number of hydrogen-bond acceptors (Lipinski definition) is 4. The van der Waals surface area contributed by atoms with Gasteiger partial charge in [-0.2, -0.15) is 0 Å². The van der Waals surface area contributed by atoms with Crippen molar-refractivity contribution in [2.45, 2.75) is 36.2 Å². The van der Waals surface area contributed by atoms with E-state index in [1.807, 2.05) is 0 Å². The molecule has 1 saturated heterocycles. The molecule has 0 radical (unpaired) electrons. The summed E-state index contributed by atoms with van der Waals surface area (Å²) in [7, 11) is -2.15. The standard InChI is InChI=1S/C13H20N4O3S/c1-16-8-11(21(14,19)20)6-12(16)13(18)15-9-4-5-17(7-9)10-2-3-10/h6,8-10H,2-5,7H2,1H3,(H,15,18)(H2,14,19,20). The van der Waals surface area contributed by atoms with Crippen molar-refractivity contribution >= 4 is 15.9 Å². The number of sulfonamides is 1. The zero-order valence-corrected chi connectivity index (χ0v) is 12.8. The highest BCUT2D eigenvalue weighted by Gasteiger charge is 2.35. The average Bonchev–Trinajstić information content (AvgIpc) is 3.00. The third-order valence-electron chi connectivity index (χ3n) is 4.16. The fourth-order valence-corrected chi connectivity index (χ4v) is 3.43. The van der Waals surface area contributed by atoms with Gasteiger partial charge in [-0.05, 0) is 25.3 Å². The maximum absolute atomic E-state index is 12.3. The number of hydrogen-bond donors (Lipinski definition) is 2. The molecule has 1 saturated carbocycles. The number of aromatic nitrogens is 1. The molecule has 0 spiro atoms. The van der Waals surface area contributed by atoms with Crippen molar-refractivity contribution in [3.05, 3.63) is 18.0 Å². The third-order valence-corrected chi connectivity index (χ3v) is 5.04. The predicted molar refractivity (Wildman–Crippen MR) is 77.3 cm³/mol. The zero-order valence-electron chi connectivity index (χ0n) is 11.9. The minimum Gasteiger partial charge on any atom is -0.347 e. The summed E-state index contributed by atoms with van der Waals surface area (Å²) in [4.78, 5) is 14.6. The van der Waals surface area contributed by atoms with Gasteiger partial charge >= 0.3 is 0 Å². The molecule has 7 nitrogen and oxygen atoms in total. The highest BCUT2D eigenvalue weighted by molar-refractivity contribution is 7.89. The first-order chi connectivity index (χ1) is 9.84. The molecule has 2 heterocycles. The number of rotatable bonds is 4. The summed E-state index contributed by atoms with van der Waals surface area (Å²) in [5.74, 6) is -0.255. The molecule has 116 valence electrons. The van der Waals surface area contributed by atoms with E-state index >= 15 is 0 Å². The fraction of sp³-hybridized carbons (Fsp3) is 0.615. The molecule has 8 heteroatoms. The van der Waals surface area contributed by atoms with Crippen LogP contribution in [0.25, 0.3) is 0 Å². The van der Waals surface area contributed by atoms with Crippen LogP contribution < -0.4 is 10.5 Å². The van der Waals surface area contributed by atoms with Crippen molar-refractivity contribution in [2.75, 3.05) is 13.1 Å². The number of primary sulfonamides is 1. The van der Waals surface area contributed by atoms with Crippen LogP contribution in [0.1, 0.15) is 29.8 Å². The van der Waals surface area contributed by atoms with Crippen molar-refractivity contribution in [1.82, 2.24) is 14.8 Å². The summed E-state index contributed by atoms with van der Waals surface area (Å²) < 4.78 is 24.1. The number of carbonyl (C=O) groups is 1.